The summed E-state index contributed by atoms with van der Waals surface area (Å²) in [5, 5.41) is 9.48. The molecule has 1 fully saturated rings. The van der Waals surface area contributed by atoms with Crippen LogP contribution in [0.1, 0.15) is 43.5 Å². The van der Waals surface area contributed by atoms with Crippen LogP contribution in [0.15, 0.2) is 4.79 Å². The van der Waals surface area contributed by atoms with Crippen LogP contribution in [0.2, 0.25) is 0 Å². The quantitative estimate of drug-likeness (QED) is 0.738. The second-order valence-corrected chi connectivity index (χ2v) is 4.51. The minimum Gasteiger partial charge on any atom is -0.493 e. The molecule has 2 unspecified atom stereocenters. The lowest BCUT2D eigenvalue weighted by atomic mass is 10.1. The van der Waals surface area contributed by atoms with Gasteiger partial charge >= 0.3 is 0 Å². The number of H-pyrrole nitrogens is 1. The third-order valence-corrected chi connectivity index (χ3v) is 3.23. The Labute approximate surface area is 88.4 Å². The fraction of sp³-hybridized carbons (Fsp3) is 0.636. The maximum absolute atomic E-state index is 11.4. The predicted molar refractivity (Wildman–Crippen MR) is 57.0 cm³/mol. The third kappa shape index (κ3) is 1.89. The van der Waals surface area contributed by atoms with Crippen molar-refractivity contribution in [1.82, 2.24) is 9.97 Å². The van der Waals surface area contributed by atoms with Gasteiger partial charge in [-0.3, -0.25) is 4.79 Å². The normalized spacial score (nSPS) is 25.7. The monoisotopic (exact) mass is 208 g/mol. The first-order chi connectivity index (χ1) is 7.08. The van der Waals surface area contributed by atoms with Crippen molar-refractivity contribution < 1.29 is 5.11 Å². The van der Waals surface area contributed by atoms with Crippen LogP contribution in [0.3, 0.4) is 0 Å². The van der Waals surface area contributed by atoms with Crippen LogP contribution in [0.25, 0.3) is 0 Å². The molecule has 0 aliphatic heterocycles. The second-order valence-electron chi connectivity index (χ2n) is 4.51. The van der Waals surface area contributed by atoms with Crippen LogP contribution >= 0.6 is 0 Å². The van der Waals surface area contributed by atoms with E-state index in [0.29, 0.717) is 23.2 Å². The molecule has 2 N–H and O–H groups in total. The Bertz CT molecular complexity index is 425. The fourth-order valence-corrected chi connectivity index (χ4v) is 2.19. The van der Waals surface area contributed by atoms with Crippen molar-refractivity contribution in [2.75, 3.05) is 0 Å². The van der Waals surface area contributed by atoms with Crippen molar-refractivity contribution in [3.63, 3.8) is 0 Å². The maximum atomic E-state index is 11.4. The van der Waals surface area contributed by atoms with E-state index in [1.807, 2.05) is 0 Å². The van der Waals surface area contributed by atoms with Gasteiger partial charge < -0.3 is 10.1 Å². The third-order valence-electron chi connectivity index (χ3n) is 3.23. The summed E-state index contributed by atoms with van der Waals surface area (Å²) in [5.74, 6) is 1.50. The van der Waals surface area contributed by atoms with Crippen molar-refractivity contribution in [1.29, 1.82) is 0 Å². The van der Waals surface area contributed by atoms with Gasteiger partial charge in [0.05, 0.1) is 5.56 Å². The highest BCUT2D eigenvalue weighted by Gasteiger charge is 2.25. The highest BCUT2D eigenvalue weighted by molar-refractivity contribution is 5.21. The Hall–Kier alpha value is -1.32. The number of nitrogens with zero attached hydrogens (tertiary/aromatic N) is 1. The van der Waals surface area contributed by atoms with Crippen LogP contribution < -0.4 is 5.56 Å². The van der Waals surface area contributed by atoms with Crippen molar-refractivity contribution >= 4 is 0 Å². The Morgan fingerprint density at radius 3 is 2.73 bits per heavy atom. The minimum absolute atomic E-state index is 0.131. The molecule has 1 heterocycles. The number of hydrogen-bond donors (Lipinski definition) is 2. The van der Waals surface area contributed by atoms with Gasteiger partial charge in [0.1, 0.15) is 5.82 Å². The summed E-state index contributed by atoms with van der Waals surface area (Å²) >= 11 is 0. The van der Waals surface area contributed by atoms with E-state index in [1.54, 1.807) is 6.92 Å². The number of aromatic nitrogens is 2. The highest BCUT2D eigenvalue weighted by atomic mass is 16.3. The van der Waals surface area contributed by atoms with E-state index in [9.17, 15) is 9.90 Å². The number of rotatable bonds is 1. The topological polar surface area (TPSA) is 66.0 Å². The zero-order chi connectivity index (χ0) is 11.0. The van der Waals surface area contributed by atoms with Gasteiger partial charge in [-0.15, -0.1) is 0 Å². The molecule has 0 spiro atoms. The van der Waals surface area contributed by atoms with Crippen LogP contribution in [-0.4, -0.2) is 15.1 Å². The van der Waals surface area contributed by atoms with E-state index in [-0.39, 0.29) is 11.4 Å². The van der Waals surface area contributed by atoms with Crippen LogP contribution in [0.5, 0.6) is 5.88 Å². The molecule has 2 rings (SSSR count). The summed E-state index contributed by atoms with van der Waals surface area (Å²) in [6.07, 6.45) is 3.26. The molecular weight excluding hydrogens is 192 g/mol. The largest absolute Gasteiger partial charge is 0.493 e. The fourth-order valence-electron chi connectivity index (χ4n) is 2.19. The van der Waals surface area contributed by atoms with Crippen molar-refractivity contribution in [3.8, 4) is 5.88 Å². The van der Waals surface area contributed by atoms with Crippen LogP contribution in [0, 0.1) is 12.8 Å². The Balaban J connectivity index is 2.34. The van der Waals surface area contributed by atoms with Crippen molar-refractivity contribution in [2.45, 2.75) is 39.0 Å². The smallest absolute Gasteiger partial charge is 0.257 e. The van der Waals surface area contributed by atoms with E-state index in [4.69, 9.17) is 0 Å². The summed E-state index contributed by atoms with van der Waals surface area (Å²) < 4.78 is 0. The number of aromatic hydroxyl groups is 1. The lowest BCUT2D eigenvalue weighted by Crippen LogP contribution is -2.15. The predicted octanol–water partition coefficient (Wildman–Crippen LogP) is 1.69. The van der Waals surface area contributed by atoms with Gasteiger partial charge in [-0.05, 0) is 32.1 Å². The molecule has 1 aromatic rings. The summed E-state index contributed by atoms with van der Waals surface area (Å²) in [6, 6.07) is 0. The second kappa shape index (κ2) is 3.68. The minimum atomic E-state index is -0.225. The van der Waals surface area contributed by atoms with E-state index in [1.165, 1.54) is 6.42 Å². The molecule has 4 nitrogen and oxygen atoms in total. The number of aromatic amines is 1. The Kier molecular flexibility index (Phi) is 2.50. The molecule has 1 aliphatic carbocycles. The summed E-state index contributed by atoms with van der Waals surface area (Å²) in [5.41, 5.74) is 0.0712. The van der Waals surface area contributed by atoms with E-state index >= 15 is 0 Å². The summed E-state index contributed by atoms with van der Waals surface area (Å²) in [6.45, 7) is 3.77. The maximum Gasteiger partial charge on any atom is 0.257 e. The number of nitrogens with one attached hydrogen (secondary N) is 1. The first-order valence-corrected chi connectivity index (χ1v) is 5.37. The zero-order valence-electron chi connectivity index (χ0n) is 9.08. The molecule has 0 saturated heterocycles. The molecule has 4 heteroatoms. The van der Waals surface area contributed by atoms with E-state index < -0.39 is 0 Å². The van der Waals surface area contributed by atoms with Gasteiger partial charge in [-0.25, -0.2) is 0 Å². The first-order valence-electron chi connectivity index (χ1n) is 5.37. The average molecular weight is 208 g/mol. The molecule has 0 amide bonds. The lowest BCUT2D eigenvalue weighted by Gasteiger charge is -2.09. The Morgan fingerprint density at radius 1 is 1.47 bits per heavy atom. The van der Waals surface area contributed by atoms with Crippen LogP contribution in [-0.2, 0) is 0 Å². The molecule has 0 bridgehead atoms. The average Bonchev–Trinajstić information content (AvgIpc) is 2.60. The number of hydrogen-bond acceptors (Lipinski definition) is 3. The van der Waals surface area contributed by atoms with Crippen molar-refractivity contribution in [2.24, 2.45) is 5.92 Å². The molecule has 1 aliphatic rings. The van der Waals surface area contributed by atoms with Crippen LogP contribution in [0.4, 0.5) is 0 Å². The molecule has 1 aromatic heterocycles. The molecular formula is C11H16N2O2. The van der Waals surface area contributed by atoms with E-state index in [2.05, 4.69) is 16.9 Å². The van der Waals surface area contributed by atoms with Gasteiger partial charge in [-0.1, -0.05) is 6.92 Å². The van der Waals surface area contributed by atoms with Gasteiger partial charge in [0.2, 0.25) is 5.88 Å². The van der Waals surface area contributed by atoms with Gasteiger partial charge in [-0.2, -0.15) is 4.98 Å². The van der Waals surface area contributed by atoms with Gasteiger partial charge in [0, 0.05) is 5.92 Å². The molecule has 0 radical (unpaired) electrons. The summed E-state index contributed by atoms with van der Waals surface area (Å²) in [4.78, 5) is 18.2. The molecule has 2 atom stereocenters. The van der Waals surface area contributed by atoms with Crippen molar-refractivity contribution in [3.05, 3.63) is 21.7 Å². The Morgan fingerprint density at radius 2 is 2.20 bits per heavy atom. The molecule has 15 heavy (non-hydrogen) atoms. The standard InChI is InChI=1S/C11H16N2O2/c1-6-3-4-8(5-6)9-12-10(14)7(2)11(15)13-9/h6,8H,3-5H2,1-2H3,(H2,12,13,14,15). The van der Waals surface area contributed by atoms with Gasteiger partial charge in [0.25, 0.3) is 5.56 Å². The van der Waals surface area contributed by atoms with Gasteiger partial charge in [0.15, 0.2) is 0 Å². The lowest BCUT2D eigenvalue weighted by molar-refractivity contribution is 0.438. The molecule has 0 aromatic carbocycles. The SMILES string of the molecule is Cc1c(O)nc(C2CCC(C)C2)[nH]c1=O. The zero-order valence-corrected chi connectivity index (χ0v) is 9.08. The highest BCUT2D eigenvalue weighted by Crippen LogP contribution is 2.36. The molecule has 1 saturated carbocycles. The van der Waals surface area contributed by atoms with E-state index in [0.717, 1.165) is 12.8 Å². The molecule has 82 valence electrons. The summed E-state index contributed by atoms with van der Waals surface area (Å²) in [7, 11) is 0. The first kappa shape index (κ1) is 10.2.